The number of nitrogens with two attached hydrogens (primary N) is 1. The molecule has 104 valence electrons. The average Bonchev–Trinajstić information content (AvgIpc) is 2.34. The molecule has 6 heteroatoms. The smallest absolute Gasteiger partial charge is 0.328 e. The fraction of sp³-hybridized carbons (Fsp3) is 0.385. The molecule has 1 atom stereocenters. The third-order valence-electron chi connectivity index (χ3n) is 2.69. The summed E-state index contributed by atoms with van der Waals surface area (Å²) in [7, 11) is 1.31. The van der Waals surface area contributed by atoms with Crippen LogP contribution in [-0.4, -0.2) is 24.1 Å². The lowest BCUT2D eigenvalue weighted by atomic mass is 10.0. The predicted octanol–water partition coefficient (Wildman–Crippen LogP) is 2.07. The maximum atomic E-state index is 13.7. The molecule has 0 saturated carbocycles. The second kappa shape index (κ2) is 6.47. The zero-order valence-corrected chi connectivity index (χ0v) is 11.9. The molecule has 1 aromatic rings. The molecule has 1 unspecified atom stereocenters. The second-order valence-electron chi connectivity index (χ2n) is 4.42. The summed E-state index contributed by atoms with van der Waals surface area (Å²) in [5.41, 5.74) is 6.00. The summed E-state index contributed by atoms with van der Waals surface area (Å²) in [6, 6.07) is 3.81. The molecule has 0 aliphatic rings. The lowest BCUT2D eigenvalue weighted by molar-refractivity contribution is -0.142. The minimum Gasteiger partial charge on any atom is -0.467 e. The molecule has 0 fully saturated rings. The lowest BCUT2D eigenvalue weighted by Gasteiger charge is -2.22. The Morgan fingerprint density at radius 1 is 1.47 bits per heavy atom. The van der Waals surface area contributed by atoms with Crippen LogP contribution in [0.3, 0.4) is 0 Å². The van der Waals surface area contributed by atoms with Crippen molar-refractivity contribution in [3.63, 3.8) is 0 Å². The van der Waals surface area contributed by atoms with Gasteiger partial charge in [0.2, 0.25) is 0 Å². The molecule has 19 heavy (non-hydrogen) atoms. The quantitative estimate of drug-likeness (QED) is 0.640. The van der Waals surface area contributed by atoms with E-state index in [2.05, 4.69) is 5.32 Å². The Balaban J connectivity index is 3.13. The summed E-state index contributed by atoms with van der Waals surface area (Å²) >= 11 is 4.83. The number of methoxy groups -OCH3 is 1. The third-order valence-corrected chi connectivity index (χ3v) is 2.90. The zero-order chi connectivity index (χ0) is 14.6. The van der Waals surface area contributed by atoms with E-state index >= 15 is 0 Å². The number of ether oxygens (including phenoxy) is 1. The van der Waals surface area contributed by atoms with Gasteiger partial charge in [-0.05, 0) is 18.1 Å². The van der Waals surface area contributed by atoms with Crippen molar-refractivity contribution in [1.29, 1.82) is 0 Å². The van der Waals surface area contributed by atoms with E-state index in [1.807, 2.05) is 13.8 Å². The first-order valence-corrected chi connectivity index (χ1v) is 6.22. The Labute approximate surface area is 117 Å². The Hall–Kier alpha value is -1.69. The van der Waals surface area contributed by atoms with Gasteiger partial charge in [0.1, 0.15) is 16.8 Å². The van der Waals surface area contributed by atoms with E-state index in [1.54, 1.807) is 6.07 Å². The van der Waals surface area contributed by atoms with Crippen molar-refractivity contribution < 1.29 is 13.9 Å². The van der Waals surface area contributed by atoms with Gasteiger partial charge in [0.15, 0.2) is 0 Å². The van der Waals surface area contributed by atoms with E-state index in [4.69, 9.17) is 22.7 Å². The number of anilines is 1. The van der Waals surface area contributed by atoms with Gasteiger partial charge < -0.3 is 15.8 Å². The van der Waals surface area contributed by atoms with E-state index < -0.39 is 17.8 Å². The molecule has 0 aromatic heterocycles. The first-order chi connectivity index (χ1) is 8.88. The van der Waals surface area contributed by atoms with Gasteiger partial charge in [-0.1, -0.05) is 32.1 Å². The topological polar surface area (TPSA) is 64.3 Å². The molecular formula is C13H17FN2O2S. The van der Waals surface area contributed by atoms with Crippen LogP contribution < -0.4 is 11.1 Å². The molecule has 4 nitrogen and oxygen atoms in total. The summed E-state index contributed by atoms with van der Waals surface area (Å²) in [6.07, 6.45) is 0. The normalized spacial score (nSPS) is 12.1. The summed E-state index contributed by atoms with van der Waals surface area (Å²) in [5, 5.41) is 2.94. The zero-order valence-electron chi connectivity index (χ0n) is 11.1. The van der Waals surface area contributed by atoms with Crippen molar-refractivity contribution in [3.8, 4) is 0 Å². The number of halogens is 1. The number of carbonyl (C=O) groups excluding carboxylic acids is 1. The highest BCUT2D eigenvalue weighted by atomic mass is 32.1. The van der Waals surface area contributed by atoms with Crippen molar-refractivity contribution in [1.82, 2.24) is 0 Å². The van der Waals surface area contributed by atoms with E-state index in [0.717, 1.165) is 0 Å². The van der Waals surface area contributed by atoms with Crippen molar-refractivity contribution in [2.75, 3.05) is 12.4 Å². The van der Waals surface area contributed by atoms with E-state index in [1.165, 1.54) is 19.2 Å². The molecule has 0 saturated heterocycles. The first kappa shape index (κ1) is 15.4. The lowest BCUT2D eigenvalue weighted by Crippen LogP contribution is -2.36. The molecule has 0 aliphatic heterocycles. The Morgan fingerprint density at radius 3 is 2.58 bits per heavy atom. The molecule has 0 aliphatic carbocycles. The fourth-order valence-electron chi connectivity index (χ4n) is 1.69. The molecule has 0 amide bonds. The Bertz CT molecular complexity index is 492. The standard InChI is InChI=1S/C13H17FN2O2S/c1-7(2)11(13(17)18-3)16-9-6-4-5-8(14)10(9)12(15)19/h4-7,11,16H,1-3H3,(H2,15,19). The number of nitrogens with one attached hydrogen (secondary N) is 1. The minimum absolute atomic E-state index is 0.0325. The molecule has 0 radical (unpaired) electrons. The van der Waals surface area contributed by atoms with Gasteiger partial charge in [-0.2, -0.15) is 0 Å². The monoisotopic (exact) mass is 284 g/mol. The van der Waals surface area contributed by atoms with Gasteiger partial charge in [0.25, 0.3) is 0 Å². The Kier molecular flexibility index (Phi) is 5.23. The third kappa shape index (κ3) is 3.64. The van der Waals surface area contributed by atoms with Gasteiger partial charge in [0.05, 0.1) is 12.7 Å². The highest BCUT2D eigenvalue weighted by Gasteiger charge is 2.24. The van der Waals surface area contributed by atoms with Crippen LogP contribution in [0.15, 0.2) is 18.2 Å². The van der Waals surface area contributed by atoms with Crippen LogP contribution in [0.25, 0.3) is 0 Å². The molecule has 1 rings (SSSR count). The molecule has 0 bridgehead atoms. The molecular weight excluding hydrogens is 267 g/mol. The van der Waals surface area contributed by atoms with Crippen LogP contribution >= 0.6 is 12.2 Å². The summed E-state index contributed by atoms with van der Waals surface area (Å²) in [4.78, 5) is 11.6. The van der Waals surface area contributed by atoms with Gasteiger partial charge in [-0.3, -0.25) is 0 Å². The van der Waals surface area contributed by atoms with E-state index in [0.29, 0.717) is 5.69 Å². The van der Waals surface area contributed by atoms with Crippen LogP contribution in [0.2, 0.25) is 0 Å². The number of thiocarbonyl (C=S) groups is 1. The molecule has 3 N–H and O–H groups in total. The highest BCUT2D eigenvalue weighted by molar-refractivity contribution is 7.80. The van der Waals surface area contributed by atoms with Crippen LogP contribution in [0.1, 0.15) is 19.4 Å². The SMILES string of the molecule is COC(=O)C(Nc1cccc(F)c1C(N)=S)C(C)C. The first-order valence-electron chi connectivity index (χ1n) is 5.81. The maximum absolute atomic E-state index is 13.7. The van der Waals surface area contributed by atoms with Gasteiger partial charge >= 0.3 is 5.97 Å². The number of hydrogen-bond acceptors (Lipinski definition) is 4. The van der Waals surface area contributed by atoms with Gasteiger partial charge in [-0.25, -0.2) is 9.18 Å². The predicted molar refractivity (Wildman–Crippen MR) is 76.6 cm³/mol. The summed E-state index contributed by atoms with van der Waals surface area (Å²) in [6.45, 7) is 3.71. The highest BCUT2D eigenvalue weighted by Crippen LogP contribution is 2.21. The number of carbonyl (C=O) groups is 1. The van der Waals surface area contributed by atoms with Crippen LogP contribution in [0.5, 0.6) is 0 Å². The fourth-order valence-corrected chi connectivity index (χ4v) is 1.89. The van der Waals surface area contributed by atoms with Gasteiger partial charge in [0, 0.05) is 5.69 Å². The van der Waals surface area contributed by atoms with E-state index in [-0.39, 0.29) is 16.5 Å². The summed E-state index contributed by atoms with van der Waals surface area (Å²) in [5.74, 6) is -0.979. The molecule has 1 aromatic carbocycles. The van der Waals surface area contributed by atoms with Crippen LogP contribution in [-0.2, 0) is 9.53 Å². The van der Waals surface area contributed by atoms with Crippen molar-refractivity contribution >= 4 is 28.9 Å². The Morgan fingerprint density at radius 2 is 2.11 bits per heavy atom. The van der Waals surface area contributed by atoms with Crippen molar-refractivity contribution in [3.05, 3.63) is 29.6 Å². The summed E-state index contributed by atoms with van der Waals surface area (Å²) < 4.78 is 18.4. The number of benzene rings is 1. The minimum atomic E-state index is -0.597. The maximum Gasteiger partial charge on any atom is 0.328 e. The van der Waals surface area contributed by atoms with Crippen LogP contribution in [0, 0.1) is 11.7 Å². The van der Waals surface area contributed by atoms with Gasteiger partial charge in [-0.15, -0.1) is 0 Å². The largest absolute Gasteiger partial charge is 0.467 e. The number of hydrogen-bond donors (Lipinski definition) is 2. The molecule has 0 heterocycles. The average molecular weight is 284 g/mol. The number of esters is 1. The second-order valence-corrected chi connectivity index (χ2v) is 4.86. The van der Waals surface area contributed by atoms with E-state index in [9.17, 15) is 9.18 Å². The molecule has 0 spiro atoms. The van der Waals surface area contributed by atoms with Crippen LogP contribution in [0.4, 0.5) is 10.1 Å². The van der Waals surface area contributed by atoms with Crippen molar-refractivity contribution in [2.45, 2.75) is 19.9 Å². The number of rotatable bonds is 5. The van der Waals surface area contributed by atoms with Crippen molar-refractivity contribution in [2.24, 2.45) is 11.7 Å².